The van der Waals surface area contributed by atoms with Crippen molar-refractivity contribution in [3.63, 3.8) is 0 Å². The first-order chi connectivity index (χ1) is 15.0. The molecule has 0 unspecified atom stereocenters. The van der Waals surface area contributed by atoms with Crippen molar-refractivity contribution < 1.29 is 17.9 Å². The summed E-state index contributed by atoms with van der Waals surface area (Å²) in [5, 5.41) is 0. The Bertz CT molecular complexity index is 1190. The van der Waals surface area contributed by atoms with Crippen LogP contribution in [0.5, 0.6) is 0 Å². The minimum atomic E-state index is -4.38. The van der Waals surface area contributed by atoms with E-state index in [1.54, 1.807) is 0 Å². The van der Waals surface area contributed by atoms with Crippen LogP contribution in [-0.2, 0) is 10.9 Å². The lowest BCUT2D eigenvalue weighted by Gasteiger charge is -2.27. The maximum Gasteiger partial charge on any atom is 0.416 e. The lowest BCUT2D eigenvalue weighted by molar-refractivity contribution is -0.137. The molecule has 2 aromatic carbocycles. The molecule has 5 rings (SSSR count). The molecule has 0 radical (unpaired) electrons. The van der Waals surface area contributed by atoms with E-state index in [0.29, 0.717) is 30.1 Å². The first-order valence-corrected chi connectivity index (χ1v) is 9.94. The molecule has 0 aliphatic carbocycles. The number of anilines is 1. The number of hydrogen-bond acceptors (Lipinski definition) is 4. The van der Waals surface area contributed by atoms with Crippen molar-refractivity contribution in [3.8, 4) is 22.5 Å². The van der Waals surface area contributed by atoms with Gasteiger partial charge >= 0.3 is 6.18 Å². The molecule has 0 atom stereocenters. The monoisotopic (exact) mass is 424 g/mol. The smallest absolute Gasteiger partial charge is 0.378 e. The number of morpholine rings is 1. The van der Waals surface area contributed by atoms with E-state index >= 15 is 0 Å². The molecule has 0 spiro atoms. The highest BCUT2D eigenvalue weighted by molar-refractivity contribution is 5.80. The molecule has 1 saturated heterocycles. The van der Waals surface area contributed by atoms with Crippen LogP contribution in [-0.4, -0.2) is 41.3 Å². The van der Waals surface area contributed by atoms with Crippen LogP contribution in [0.15, 0.2) is 60.8 Å². The zero-order valence-corrected chi connectivity index (χ0v) is 16.5. The van der Waals surface area contributed by atoms with Crippen LogP contribution in [0.25, 0.3) is 33.5 Å². The maximum absolute atomic E-state index is 12.9. The van der Waals surface area contributed by atoms with Gasteiger partial charge in [-0.05, 0) is 35.9 Å². The molecule has 0 amide bonds. The van der Waals surface area contributed by atoms with Crippen LogP contribution < -0.4 is 4.90 Å². The Labute approximate surface area is 176 Å². The van der Waals surface area contributed by atoms with Gasteiger partial charge in [-0.25, -0.2) is 9.97 Å². The second-order valence-electron chi connectivity index (χ2n) is 7.40. The van der Waals surface area contributed by atoms with Crippen molar-refractivity contribution in [1.82, 2.24) is 15.0 Å². The average molecular weight is 424 g/mol. The van der Waals surface area contributed by atoms with Gasteiger partial charge in [-0.1, -0.05) is 24.3 Å². The molecule has 2 aromatic heterocycles. The number of aromatic amines is 1. The Kier molecular flexibility index (Phi) is 4.86. The van der Waals surface area contributed by atoms with E-state index in [2.05, 4.69) is 19.9 Å². The Morgan fingerprint density at radius 1 is 0.871 bits per heavy atom. The number of imidazole rings is 1. The van der Waals surface area contributed by atoms with E-state index in [1.165, 1.54) is 6.07 Å². The first-order valence-electron chi connectivity index (χ1n) is 9.94. The van der Waals surface area contributed by atoms with Crippen molar-refractivity contribution in [2.45, 2.75) is 6.18 Å². The van der Waals surface area contributed by atoms with E-state index < -0.39 is 11.7 Å². The van der Waals surface area contributed by atoms with Crippen molar-refractivity contribution in [1.29, 1.82) is 0 Å². The molecule has 3 heterocycles. The van der Waals surface area contributed by atoms with Crippen molar-refractivity contribution in [3.05, 3.63) is 66.4 Å². The number of rotatable bonds is 3. The molecule has 4 aromatic rings. The van der Waals surface area contributed by atoms with Gasteiger partial charge in [0, 0.05) is 30.4 Å². The van der Waals surface area contributed by atoms with Gasteiger partial charge in [-0.15, -0.1) is 0 Å². The zero-order chi connectivity index (χ0) is 21.4. The number of hydrogen-bond donors (Lipinski definition) is 1. The highest BCUT2D eigenvalue weighted by atomic mass is 19.4. The normalized spacial score (nSPS) is 14.9. The van der Waals surface area contributed by atoms with Gasteiger partial charge in [0.25, 0.3) is 0 Å². The van der Waals surface area contributed by atoms with Crippen LogP contribution in [0.1, 0.15) is 5.56 Å². The average Bonchev–Trinajstić information content (AvgIpc) is 3.23. The number of halogens is 3. The maximum atomic E-state index is 12.9. The topological polar surface area (TPSA) is 54.0 Å². The number of alkyl halides is 3. The highest BCUT2D eigenvalue weighted by Gasteiger charge is 2.30. The summed E-state index contributed by atoms with van der Waals surface area (Å²) < 4.78 is 44.2. The number of nitrogens with zero attached hydrogens (tertiary/aromatic N) is 3. The third kappa shape index (κ3) is 3.98. The summed E-state index contributed by atoms with van der Waals surface area (Å²) in [4.78, 5) is 14.2. The van der Waals surface area contributed by atoms with Crippen LogP contribution in [0.3, 0.4) is 0 Å². The third-order valence-electron chi connectivity index (χ3n) is 5.38. The predicted octanol–water partition coefficient (Wildman–Crippen LogP) is 5.15. The largest absolute Gasteiger partial charge is 0.416 e. The lowest BCUT2D eigenvalue weighted by Crippen LogP contribution is -2.36. The van der Waals surface area contributed by atoms with Crippen LogP contribution in [0.2, 0.25) is 0 Å². The number of benzene rings is 2. The lowest BCUT2D eigenvalue weighted by atomic mass is 10.1. The summed E-state index contributed by atoms with van der Waals surface area (Å²) in [6.07, 6.45) is -2.54. The number of nitrogens with one attached hydrogen (secondary N) is 1. The van der Waals surface area contributed by atoms with E-state index in [0.717, 1.165) is 47.7 Å². The van der Waals surface area contributed by atoms with Crippen molar-refractivity contribution in [2.24, 2.45) is 0 Å². The van der Waals surface area contributed by atoms with Gasteiger partial charge in [0.15, 0.2) is 0 Å². The Morgan fingerprint density at radius 3 is 2.26 bits per heavy atom. The summed E-state index contributed by atoms with van der Waals surface area (Å²) >= 11 is 0. The van der Waals surface area contributed by atoms with Crippen molar-refractivity contribution >= 4 is 16.9 Å². The van der Waals surface area contributed by atoms with Crippen LogP contribution >= 0.6 is 0 Å². The molecule has 158 valence electrons. The Balaban J connectivity index is 1.37. The fraction of sp³-hybridized carbons (Fsp3) is 0.217. The minimum absolute atomic E-state index is 0.358. The number of aromatic nitrogens is 3. The van der Waals surface area contributed by atoms with Gasteiger partial charge in [0.1, 0.15) is 11.6 Å². The molecular formula is C23H19F3N4O. The fourth-order valence-electron chi connectivity index (χ4n) is 3.68. The molecule has 5 nitrogen and oxygen atoms in total. The predicted molar refractivity (Wildman–Crippen MR) is 113 cm³/mol. The van der Waals surface area contributed by atoms with Crippen LogP contribution in [0.4, 0.5) is 19.0 Å². The molecule has 31 heavy (non-hydrogen) atoms. The van der Waals surface area contributed by atoms with E-state index in [4.69, 9.17) is 4.74 Å². The molecule has 1 aliphatic heterocycles. The molecule has 0 saturated carbocycles. The highest BCUT2D eigenvalue weighted by Crippen LogP contribution is 2.32. The SMILES string of the molecule is FC(F)(F)c1ccc2nc(-c3ccc(-c4ccc(N5CCOCC5)nc4)cc3)[nH]c2c1. The Hall–Kier alpha value is -3.39. The Morgan fingerprint density at radius 2 is 1.58 bits per heavy atom. The van der Waals surface area contributed by atoms with Crippen LogP contribution in [0, 0.1) is 0 Å². The fourth-order valence-corrected chi connectivity index (χ4v) is 3.68. The second-order valence-corrected chi connectivity index (χ2v) is 7.40. The van der Waals surface area contributed by atoms with E-state index in [9.17, 15) is 13.2 Å². The van der Waals surface area contributed by atoms with E-state index in [1.807, 2.05) is 42.6 Å². The van der Waals surface area contributed by atoms with E-state index in [-0.39, 0.29) is 0 Å². The second kappa shape index (κ2) is 7.70. The number of pyridine rings is 1. The third-order valence-corrected chi connectivity index (χ3v) is 5.38. The summed E-state index contributed by atoms with van der Waals surface area (Å²) in [5.41, 5.74) is 2.94. The van der Waals surface area contributed by atoms with Gasteiger partial charge in [-0.3, -0.25) is 0 Å². The number of H-pyrrole nitrogens is 1. The van der Waals surface area contributed by atoms with Gasteiger partial charge in [0.2, 0.25) is 0 Å². The molecule has 0 bridgehead atoms. The van der Waals surface area contributed by atoms with Crippen molar-refractivity contribution in [2.75, 3.05) is 31.2 Å². The summed E-state index contributed by atoms with van der Waals surface area (Å²) in [5.74, 6) is 1.46. The summed E-state index contributed by atoms with van der Waals surface area (Å²) in [6.45, 7) is 3.10. The quantitative estimate of drug-likeness (QED) is 0.494. The molecule has 1 aliphatic rings. The van der Waals surface area contributed by atoms with Gasteiger partial charge in [-0.2, -0.15) is 13.2 Å². The summed E-state index contributed by atoms with van der Waals surface area (Å²) in [7, 11) is 0. The molecule has 1 N–H and O–H groups in total. The number of ether oxygens (including phenoxy) is 1. The standard InChI is InChI=1S/C23H19F3N4O/c24-23(25,26)18-6-7-19-20(13-18)29-22(28-19)16-3-1-15(2-4-16)17-5-8-21(27-14-17)30-9-11-31-12-10-30/h1-8,13-14H,9-12H2,(H,28,29). The summed E-state index contributed by atoms with van der Waals surface area (Å²) in [6, 6.07) is 15.3. The zero-order valence-electron chi connectivity index (χ0n) is 16.5. The first kappa shape index (κ1) is 19.6. The molecular weight excluding hydrogens is 405 g/mol. The van der Waals surface area contributed by atoms with Gasteiger partial charge < -0.3 is 14.6 Å². The number of fused-ring (bicyclic) bond motifs is 1. The molecule has 1 fully saturated rings. The van der Waals surface area contributed by atoms with Gasteiger partial charge in [0.05, 0.1) is 29.8 Å². The molecule has 8 heteroatoms. The minimum Gasteiger partial charge on any atom is -0.378 e.